The third kappa shape index (κ3) is 3.72. The second-order valence-corrected chi connectivity index (χ2v) is 8.21. The average molecular weight is 408 g/mol. The molecule has 0 radical (unpaired) electrons. The van der Waals surface area contributed by atoms with Crippen molar-refractivity contribution >= 4 is 11.8 Å². The number of aromatic nitrogens is 1. The molecule has 2 heterocycles. The fourth-order valence-electron chi connectivity index (χ4n) is 5.15. The lowest BCUT2D eigenvalue weighted by molar-refractivity contribution is -0.127. The Morgan fingerprint density at radius 1 is 1.20 bits per heavy atom. The molecule has 4 rings (SSSR count). The molecule has 0 unspecified atom stereocenters. The number of ether oxygens (including phenoxy) is 1. The van der Waals surface area contributed by atoms with E-state index in [1.807, 2.05) is 41.3 Å². The van der Waals surface area contributed by atoms with Crippen LogP contribution >= 0.6 is 0 Å². The van der Waals surface area contributed by atoms with Gasteiger partial charge < -0.3 is 15.0 Å². The molecule has 1 fully saturated rings. The van der Waals surface area contributed by atoms with Crippen molar-refractivity contribution in [3.63, 3.8) is 0 Å². The fraction of sp³-hybridized carbons (Fsp3) is 0.458. The molecule has 1 saturated carbocycles. The van der Waals surface area contributed by atoms with Crippen LogP contribution in [0.4, 0.5) is 0 Å². The molecule has 1 N–H and O–H groups in total. The number of nitrogens with zero attached hydrogens (tertiary/aromatic N) is 2. The molecule has 30 heavy (non-hydrogen) atoms. The number of amides is 2. The van der Waals surface area contributed by atoms with E-state index in [-0.39, 0.29) is 17.7 Å². The molecule has 0 bridgehead atoms. The van der Waals surface area contributed by atoms with Crippen LogP contribution in [0.15, 0.2) is 48.8 Å². The highest BCUT2D eigenvalue weighted by Crippen LogP contribution is 2.49. The van der Waals surface area contributed by atoms with Crippen molar-refractivity contribution in [3.8, 4) is 0 Å². The van der Waals surface area contributed by atoms with Crippen LogP contribution in [0.25, 0.3) is 0 Å². The van der Waals surface area contributed by atoms with Crippen molar-refractivity contribution in [2.75, 3.05) is 20.3 Å². The number of hydrogen-bond acceptors (Lipinski definition) is 4. The summed E-state index contributed by atoms with van der Waals surface area (Å²) in [7, 11) is 1.65. The minimum absolute atomic E-state index is 0.0147. The Balaban J connectivity index is 1.72. The van der Waals surface area contributed by atoms with Crippen LogP contribution in [0.1, 0.15) is 59.5 Å². The largest absolute Gasteiger partial charge is 0.383 e. The summed E-state index contributed by atoms with van der Waals surface area (Å²) in [5.41, 5.74) is 1.94. The number of methoxy groups -OCH3 is 1. The van der Waals surface area contributed by atoms with Crippen LogP contribution in [0.5, 0.6) is 0 Å². The fourth-order valence-corrected chi connectivity index (χ4v) is 5.15. The summed E-state index contributed by atoms with van der Waals surface area (Å²) in [5, 5.41) is 3.12. The van der Waals surface area contributed by atoms with E-state index in [9.17, 15) is 9.59 Å². The Morgan fingerprint density at radius 2 is 2.00 bits per heavy atom. The molecule has 6 heteroatoms. The standard InChI is InChI=1S/C24H29N3O3/c1-30-15-14-27-23(29)20-10-4-3-9-19(20)21(24(27)11-5-2-6-12-24)22(28)26-17-18-8-7-13-25-16-18/h3-4,7-10,13,16,21H,2,5-6,11-12,14-15,17H2,1H3,(H,26,28)/t21-/m1/s1. The number of pyridine rings is 1. The van der Waals surface area contributed by atoms with Crippen molar-refractivity contribution in [1.82, 2.24) is 15.2 Å². The number of benzene rings is 1. The molecule has 1 atom stereocenters. The van der Waals surface area contributed by atoms with E-state index in [2.05, 4.69) is 10.3 Å². The van der Waals surface area contributed by atoms with Crippen LogP contribution in [-0.2, 0) is 16.1 Å². The van der Waals surface area contributed by atoms with E-state index < -0.39 is 5.54 Å². The van der Waals surface area contributed by atoms with Gasteiger partial charge in [-0.3, -0.25) is 14.6 Å². The Bertz CT molecular complexity index is 894. The highest BCUT2D eigenvalue weighted by Gasteiger charge is 2.54. The Hall–Kier alpha value is -2.73. The van der Waals surface area contributed by atoms with Gasteiger partial charge in [0.15, 0.2) is 0 Å². The zero-order valence-corrected chi connectivity index (χ0v) is 17.5. The van der Waals surface area contributed by atoms with Gasteiger partial charge in [0.1, 0.15) is 0 Å². The first-order valence-corrected chi connectivity index (χ1v) is 10.7. The smallest absolute Gasteiger partial charge is 0.254 e. The number of rotatable bonds is 6. The van der Waals surface area contributed by atoms with Crippen LogP contribution < -0.4 is 5.32 Å². The summed E-state index contributed by atoms with van der Waals surface area (Å²) < 4.78 is 5.31. The summed E-state index contributed by atoms with van der Waals surface area (Å²) in [6, 6.07) is 11.4. The van der Waals surface area contributed by atoms with Crippen LogP contribution in [-0.4, -0.2) is 47.5 Å². The normalized spacial score (nSPS) is 20.1. The van der Waals surface area contributed by atoms with E-state index in [0.29, 0.717) is 25.3 Å². The lowest BCUT2D eigenvalue weighted by Crippen LogP contribution is -2.63. The molecule has 1 aliphatic carbocycles. The number of nitrogens with one attached hydrogen (secondary N) is 1. The zero-order valence-electron chi connectivity index (χ0n) is 17.5. The summed E-state index contributed by atoms with van der Waals surface area (Å²) in [6.07, 6.45) is 8.33. The van der Waals surface area contributed by atoms with Crippen molar-refractivity contribution < 1.29 is 14.3 Å². The molecule has 6 nitrogen and oxygen atoms in total. The number of fused-ring (bicyclic) bond motifs is 1. The van der Waals surface area contributed by atoms with E-state index in [4.69, 9.17) is 4.74 Å². The molecule has 0 saturated heterocycles. The van der Waals surface area contributed by atoms with Crippen molar-refractivity contribution in [2.24, 2.45) is 0 Å². The molecule has 1 aromatic heterocycles. The predicted octanol–water partition coefficient (Wildman–Crippen LogP) is 3.29. The number of carbonyl (C=O) groups is 2. The average Bonchev–Trinajstić information content (AvgIpc) is 2.79. The van der Waals surface area contributed by atoms with Gasteiger partial charge in [0, 0.05) is 38.2 Å². The van der Waals surface area contributed by atoms with E-state index >= 15 is 0 Å². The topological polar surface area (TPSA) is 71.5 Å². The first-order valence-electron chi connectivity index (χ1n) is 10.7. The van der Waals surface area contributed by atoms with Gasteiger partial charge in [0.2, 0.25) is 5.91 Å². The second kappa shape index (κ2) is 8.96. The first kappa shape index (κ1) is 20.5. The maximum absolute atomic E-state index is 13.6. The maximum Gasteiger partial charge on any atom is 0.254 e. The van der Waals surface area contributed by atoms with Crippen LogP contribution in [0, 0.1) is 0 Å². The van der Waals surface area contributed by atoms with Crippen molar-refractivity contribution in [2.45, 2.75) is 50.1 Å². The molecular weight excluding hydrogens is 378 g/mol. The van der Waals surface area contributed by atoms with Gasteiger partial charge in [0.05, 0.1) is 18.1 Å². The van der Waals surface area contributed by atoms with Crippen LogP contribution in [0.3, 0.4) is 0 Å². The van der Waals surface area contributed by atoms with Gasteiger partial charge in [-0.2, -0.15) is 0 Å². The number of carbonyl (C=O) groups excluding carboxylic acids is 2. The van der Waals surface area contributed by atoms with Gasteiger partial charge in [-0.1, -0.05) is 43.5 Å². The van der Waals surface area contributed by atoms with E-state index in [0.717, 1.165) is 43.2 Å². The van der Waals surface area contributed by atoms with Gasteiger partial charge in [-0.25, -0.2) is 0 Å². The van der Waals surface area contributed by atoms with E-state index in [1.165, 1.54) is 0 Å². The van der Waals surface area contributed by atoms with Gasteiger partial charge in [-0.15, -0.1) is 0 Å². The van der Waals surface area contributed by atoms with Crippen LogP contribution in [0.2, 0.25) is 0 Å². The minimum atomic E-state index is -0.499. The minimum Gasteiger partial charge on any atom is -0.383 e. The van der Waals surface area contributed by atoms with E-state index in [1.54, 1.807) is 19.5 Å². The SMILES string of the molecule is COCCN1C(=O)c2ccccc2[C@H](C(=O)NCc2cccnc2)C12CCCCC2. The Kier molecular flexibility index (Phi) is 6.13. The molecule has 2 amide bonds. The maximum atomic E-state index is 13.6. The number of hydrogen-bond donors (Lipinski definition) is 1. The predicted molar refractivity (Wildman–Crippen MR) is 114 cm³/mol. The van der Waals surface area contributed by atoms with Gasteiger partial charge in [0.25, 0.3) is 5.91 Å². The quantitative estimate of drug-likeness (QED) is 0.798. The lowest BCUT2D eigenvalue weighted by atomic mass is 9.65. The second-order valence-electron chi connectivity index (χ2n) is 8.21. The summed E-state index contributed by atoms with van der Waals surface area (Å²) >= 11 is 0. The monoisotopic (exact) mass is 407 g/mol. The molecule has 1 spiro atoms. The molecule has 2 aliphatic rings. The Labute approximate surface area is 177 Å². The summed E-state index contributed by atoms with van der Waals surface area (Å²) in [5.74, 6) is -0.399. The Morgan fingerprint density at radius 3 is 2.73 bits per heavy atom. The summed E-state index contributed by atoms with van der Waals surface area (Å²) in [6.45, 7) is 1.38. The molecular formula is C24H29N3O3. The van der Waals surface area contributed by atoms with Crippen molar-refractivity contribution in [3.05, 3.63) is 65.5 Å². The molecule has 2 aromatic rings. The zero-order chi connectivity index (χ0) is 21.0. The molecule has 1 aliphatic heterocycles. The molecule has 1 aromatic carbocycles. The molecule has 158 valence electrons. The highest BCUT2D eigenvalue weighted by atomic mass is 16.5. The highest BCUT2D eigenvalue weighted by molar-refractivity contribution is 6.02. The third-order valence-corrected chi connectivity index (χ3v) is 6.51. The van der Waals surface area contributed by atoms with Crippen molar-refractivity contribution in [1.29, 1.82) is 0 Å². The van der Waals surface area contributed by atoms with Gasteiger partial charge in [-0.05, 0) is 36.1 Å². The third-order valence-electron chi connectivity index (χ3n) is 6.51. The van der Waals surface area contributed by atoms with Gasteiger partial charge >= 0.3 is 0 Å². The lowest BCUT2D eigenvalue weighted by Gasteiger charge is -2.53. The summed E-state index contributed by atoms with van der Waals surface area (Å²) in [4.78, 5) is 33.2. The first-order chi connectivity index (χ1) is 14.7.